The Morgan fingerprint density at radius 2 is 2.03 bits per heavy atom. The zero-order valence-corrected chi connectivity index (χ0v) is 17.0. The number of piperidine rings is 1. The highest BCUT2D eigenvalue weighted by Gasteiger charge is 2.30. The summed E-state index contributed by atoms with van der Waals surface area (Å²) in [6, 6.07) is 9.35. The lowest BCUT2D eigenvalue weighted by atomic mass is 10.1. The van der Waals surface area contributed by atoms with Crippen molar-refractivity contribution in [2.75, 3.05) is 38.3 Å². The van der Waals surface area contributed by atoms with E-state index in [1.165, 1.54) is 0 Å². The van der Waals surface area contributed by atoms with Crippen molar-refractivity contribution in [2.45, 2.75) is 18.9 Å². The zero-order valence-electron chi connectivity index (χ0n) is 17.0. The van der Waals surface area contributed by atoms with Gasteiger partial charge in [0.25, 0.3) is 0 Å². The van der Waals surface area contributed by atoms with Crippen LogP contribution in [0.4, 0.5) is 5.69 Å². The number of carbonyl (C=O) groups is 3. The Kier molecular flexibility index (Phi) is 6.54. The number of hydrogen-bond acceptors (Lipinski definition) is 7. The molecule has 0 radical (unpaired) electrons. The number of nitrogens with one attached hydrogen (secondary N) is 2. The molecule has 1 aliphatic heterocycles. The molecule has 1 aliphatic rings. The molecule has 1 fully saturated rings. The third kappa shape index (κ3) is 4.57. The van der Waals surface area contributed by atoms with E-state index >= 15 is 0 Å². The summed E-state index contributed by atoms with van der Waals surface area (Å²) in [5, 5.41) is 7.71. The summed E-state index contributed by atoms with van der Waals surface area (Å²) < 4.78 is 12.4. The topological polar surface area (TPSA) is 112 Å². The lowest BCUT2D eigenvalue weighted by Crippen LogP contribution is -2.41. The van der Waals surface area contributed by atoms with Crippen LogP contribution in [0.5, 0.6) is 0 Å². The number of imide groups is 1. The fraction of sp³-hybridized carbons (Fsp3) is 0.364. The summed E-state index contributed by atoms with van der Waals surface area (Å²) in [4.78, 5) is 38.8. The van der Waals surface area contributed by atoms with Gasteiger partial charge in [0.15, 0.2) is 0 Å². The van der Waals surface area contributed by atoms with Crippen molar-refractivity contribution in [3.05, 3.63) is 36.5 Å². The normalized spacial score (nSPS) is 16.6. The number of carbonyl (C=O) groups excluding carboxylic acids is 3. The first-order valence-corrected chi connectivity index (χ1v) is 10.2. The van der Waals surface area contributed by atoms with Crippen LogP contribution in [0.3, 0.4) is 0 Å². The van der Waals surface area contributed by atoms with Gasteiger partial charge in [0, 0.05) is 35.6 Å². The molecule has 0 bridgehead atoms. The van der Waals surface area contributed by atoms with Crippen LogP contribution in [-0.2, 0) is 23.9 Å². The van der Waals surface area contributed by atoms with Gasteiger partial charge in [-0.25, -0.2) is 4.98 Å². The SMILES string of the molecule is O=CCOCCOCCNc1ccc2c(c1)c1cccnc1n2C1CCC(=O)NC1=O. The number of fused-ring (bicyclic) bond motifs is 3. The smallest absolute Gasteiger partial charge is 0.249 e. The van der Waals surface area contributed by atoms with Gasteiger partial charge in [-0.05, 0) is 36.8 Å². The summed E-state index contributed by atoms with van der Waals surface area (Å²) in [5.41, 5.74) is 2.56. The second-order valence-electron chi connectivity index (χ2n) is 7.22. The predicted molar refractivity (Wildman–Crippen MR) is 115 cm³/mol. The van der Waals surface area contributed by atoms with E-state index in [1.807, 2.05) is 34.9 Å². The Balaban J connectivity index is 1.51. The Hall–Kier alpha value is -3.30. The van der Waals surface area contributed by atoms with Crippen LogP contribution < -0.4 is 10.6 Å². The van der Waals surface area contributed by atoms with Crippen LogP contribution in [-0.4, -0.2) is 60.6 Å². The Morgan fingerprint density at radius 1 is 1.16 bits per heavy atom. The molecule has 3 aromatic rings. The first kappa shape index (κ1) is 21.0. The number of hydrogen-bond donors (Lipinski definition) is 2. The molecule has 0 aliphatic carbocycles. The molecule has 31 heavy (non-hydrogen) atoms. The van der Waals surface area contributed by atoms with E-state index in [0.29, 0.717) is 45.5 Å². The minimum Gasteiger partial charge on any atom is -0.383 e. The number of amides is 2. The Morgan fingerprint density at radius 3 is 2.87 bits per heavy atom. The summed E-state index contributed by atoms with van der Waals surface area (Å²) in [5.74, 6) is -0.531. The molecule has 2 aromatic heterocycles. The van der Waals surface area contributed by atoms with E-state index in [-0.39, 0.29) is 18.4 Å². The lowest BCUT2D eigenvalue weighted by Gasteiger charge is -2.23. The van der Waals surface area contributed by atoms with Crippen LogP contribution >= 0.6 is 0 Å². The fourth-order valence-electron chi connectivity index (χ4n) is 3.85. The van der Waals surface area contributed by atoms with Gasteiger partial charge in [-0.1, -0.05) is 0 Å². The number of aromatic nitrogens is 2. The number of aldehydes is 1. The van der Waals surface area contributed by atoms with Crippen LogP contribution in [0.1, 0.15) is 18.9 Å². The number of rotatable bonds is 10. The number of anilines is 1. The van der Waals surface area contributed by atoms with Crippen LogP contribution in [0.25, 0.3) is 21.9 Å². The standard InChI is InChI=1S/C22H24N4O5/c27-9-11-31-13-12-30-10-8-23-15-3-4-18-17(14-15)16-2-1-7-24-21(16)26(18)19-5-6-20(28)25-22(19)29/h1-4,7,9,14,19,23H,5-6,8,10-13H2,(H,25,28,29). The van der Waals surface area contributed by atoms with Crippen molar-refractivity contribution >= 4 is 45.7 Å². The first-order valence-electron chi connectivity index (χ1n) is 10.2. The highest BCUT2D eigenvalue weighted by atomic mass is 16.5. The fourth-order valence-corrected chi connectivity index (χ4v) is 3.85. The minimum absolute atomic E-state index is 0.0862. The monoisotopic (exact) mass is 424 g/mol. The van der Waals surface area contributed by atoms with Crippen LogP contribution in [0.15, 0.2) is 36.5 Å². The van der Waals surface area contributed by atoms with Gasteiger partial charge in [0.05, 0.1) is 25.3 Å². The van der Waals surface area contributed by atoms with Crippen molar-refractivity contribution in [1.29, 1.82) is 0 Å². The first-order chi connectivity index (χ1) is 15.2. The summed E-state index contributed by atoms with van der Waals surface area (Å²) in [7, 11) is 0. The van der Waals surface area contributed by atoms with Gasteiger partial charge in [-0.3, -0.25) is 14.9 Å². The molecule has 9 nitrogen and oxygen atoms in total. The summed E-state index contributed by atoms with van der Waals surface area (Å²) in [6.07, 6.45) is 3.18. The average Bonchev–Trinajstić information content (AvgIpc) is 3.09. The van der Waals surface area contributed by atoms with E-state index in [4.69, 9.17) is 9.47 Å². The maximum atomic E-state index is 12.5. The summed E-state index contributed by atoms with van der Waals surface area (Å²) in [6.45, 7) is 2.02. The maximum Gasteiger partial charge on any atom is 0.249 e. The molecule has 3 heterocycles. The van der Waals surface area contributed by atoms with E-state index in [9.17, 15) is 14.4 Å². The van der Waals surface area contributed by atoms with Crippen LogP contribution in [0, 0.1) is 0 Å². The van der Waals surface area contributed by atoms with Crippen molar-refractivity contribution in [1.82, 2.24) is 14.9 Å². The molecular formula is C22H24N4O5. The molecule has 1 atom stereocenters. The van der Waals surface area contributed by atoms with Crippen LogP contribution in [0.2, 0.25) is 0 Å². The third-order valence-electron chi connectivity index (χ3n) is 5.22. The molecule has 2 amide bonds. The van der Waals surface area contributed by atoms with Crippen molar-refractivity contribution in [3.63, 3.8) is 0 Å². The van der Waals surface area contributed by atoms with E-state index in [0.717, 1.165) is 27.6 Å². The molecule has 9 heteroatoms. The quantitative estimate of drug-likeness (QED) is 0.290. The zero-order chi connectivity index (χ0) is 21.6. The summed E-state index contributed by atoms with van der Waals surface area (Å²) >= 11 is 0. The van der Waals surface area contributed by atoms with Gasteiger partial charge < -0.3 is 24.2 Å². The highest BCUT2D eigenvalue weighted by Crippen LogP contribution is 2.34. The van der Waals surface area contributed by atoms with Gasteiger partial charge in [-0.2, -0.15) is 0 Å². The number of benzene rings is 1. The number of pyridine rings is 1. The van der Waals surface area contributed by atoms with Gasteiger partial charge in [-0.15, -0.1) is 0 Å². The Labute approximate surface area is 178 Å². The average molecular weight is 424 g/mol. The molecule has 0 spiro atoms. The van der Waals surface area contributed by atoms with Crippen molar-refractivity contribution in [2.24, 2.45) is 0 Å². The second-order valence-corrected chi connectivity index (χ2v) is 7.22. The van der Waals surface area contributed by atoms with E-state index in [1.54, 1.807) is 6.20 Å². The largest absolute Gasteiger partial charge is 0.383 e. The second kappa shape index (κ2) is 9.67. The van der Waals surface area contributed by atoms with Crippen molar-refractivity contribution in [3.8, 4) is 0 Å². The molecule has 162 valence electrons. The molecule has 0 saturated carbocycles. The van der Waals surface area contributed by atoms with Gasteiger partial charge in [0.1, 0.15) is 24.6 Å². The third-order valence-corrected chi connectivity index (χ3v) is 5.22. The Bertz CT molecular complexity index is 1110. The lowest BCUT2D eigenvalue weighted by molar-refractivity contribution is -0.135. The number of nitrogens with zero attached hydrogens (tertiary/aromatic N) is 2. The molecule has 1 aromatic carbocycles. The minimum atomic E-state index is -0.471. The maximum absolute atomic E-state index is 12.5. The molecular weight excluding hydrogens is 400 g/mol. The molecule has 1 saturated heterocycles. The van der Waals surface area contributed by atoms with E-state index in [2.05, 4.69) is 15.6 Å². The highest BCUT2D eigenvalue weighted by molar-refractivity contribution is 6.09. The molecule has 4 rings (SSSR count). The molecule has 2 N–H and O–H groups in total. The van der Waals surface area contributed by atoms with E-state index < -0.39 is 6.04 Å². The molecule has 1 unspecified atom stereocenters. The van der Waals surface area contributed by atoms with Gasteiger partial charge >= 0.3 is 0 Å². The predicted octanol–water partition coefficient (Wildman–Crippen LogP) is 1.81. The number of ether oxygens (including phenoxy) is 2. The van der Waals surface area contributed by atoms with Gasteiger partial charge in [0.2, 0.25) is 11.8 Å². The van der Waals surface area contributed by atoms with Crippen molar-refractivity contribution < 1.29 is 23.9 Å².